The van der Waals surface area contributed by atoms with E-state index in [0.29, 0.717) is 12.2 Å². The van der Waals surface area contributed by atoms with E-state index >= 15 is 0 Å². The van der Waals surface area contributed by atoms with Crippen LogP contribution in [-0.2, 0) is 6.42 Å². The van der Waals surface area contributed by atoms with Crippen molar-refractivity contribution in [3.8, 4) is 0 Å². The van der Waals surface area contributed by atoms with Crippen LogP contribution in [0.15, 0.2) is 47.1 Å². The Morgan fingerprint density at radius 3 is 2.59 bits per heavy atom. The summed E-state index contributed by atoms with van der Waals surface area (Å²) in [5, 5.41) is 10.1. The number of benzene rings is 1. The minimum atomic E-state index is -0.561. The summed E-state index contributed by atoms with van der Waals surface area (Å²) >= 11 is 3.36. The smallest absolute Gasteiger partial charge is 0.126 e. The highest BCUT2D eigenvalue weighted by Crippen LogP contribution is 2.22. The predicted molar refractivity (Wildman–Crippen MR) is 71.5 cm³/mol. The molecule has 0 fully saturated rings. The van der Waals surface area contributed by atoms with Gasteiger partial charge in [-0.3, -0.25) is 0 Å². The van der Waals surface area contributed by atoms with Crippen molar-refractivity contribution >= 4 is 21.7 Å². The second-order valence-electron chi connectivity index (χ2n) is 3.82. The zero-order valence-corrected chi connectivity index (χ0v) is 10.8. The van der Waals surface area contributed by atoms with Gasteiger partial charge in [-0.2, -0.15) is 0 Å². The van der Waals surface area contributed by atoms with E-state index in [-0.39, 0.29) is 0 Å². The summed E-state index contributed by atoms with van der Waals surface area (Å²) in [6, 6.07) is 11.3. The molecule has 1 aromatic carbocycles. The molecular weight excluding hydrogens is 280 g/mol. The molecule has 0 saturated carbocycles. The minimum absolute atomic E-state index is 0.474. The molecule has 2 rings (SSSR count). The first-order valence-corrected chi connectivity index (χ1v) is 6.09. The van der Waals surface area contributed by atoms with E-state index in [1.54, 1.807) is 6.20 Å². The summed E-state index contributed by atoms with van der Waals surface area (Å²) in [7, 11) is 0. The number of nitrogen functional groups attached to an aromatic ring is 1. The number of halogens is 1. The van der Waals surface area contributed by atoms with Crippen LogP contribution in [0, 0.1) is 0 Å². The van der Waals surface area contributed by atoms with Crippen LogP contribution in [0.2, 0.25) is 0 Å². The minimum Gasteiger partial charge on any atom is -0.388 e. The molecule has 0 saturated heterocycles. The number of aliphatic hydroxyl groups excluding tert-OH is 1. The zero-order valence-electron chi connectivity index (χ0n) is 9.18. The largest absolute Gasteiger partial charge is 0.388 e. The molecule has 0 amide bonds. The first kappa shape index (κ1) is 12.1. The van der Waals surface area contributed by atoms with Crippen LogP contribution >= 0.6 is 15.9 Å². The topological polar surface area (TPSA) is 59.1 Å². The molecule has 0 spiro atoms. The number of aromatic nitrogens is 1. The monoisotopic (exact) mass is 292 g/mol. The maximum absolute atomic E-state index is 10.1. The summed E-state index contributed by atoms with van der Waals surface area (Å²) in [6.45, 7) is 0. The van der Waals surface area contributed by atoms with Gasteiger partial charge in [0.2, 0.25) is 0 Å². The van der Waals surface area contributed by atoms with Gasteiger partial charge in [-0.1, -0.05) is 34.1 Å². The van der Waals surface area contributed by atoms with Crippen LogP contribution in [0.3, 0.4) is 0 Å². The molecule has 3 N–H and O–H groups in total. The summed E-state index contributed by atoms with van der Waals surface area (Å²) < 4.78 is 0.995. The molecule has 0 bridgehead atoms. The maximum Gasteiger partial charge on any atom is 0.126 e. The molecule has 1 atom stereocenters. The Kier molecular flexibility index (Phi) is 3.76. The third-order valence-electron chi connectivity index (χ3n) is 2.59. The lowest BCUT2D eigenvalue weighted by Crippen LogP contribution is -2.05. The van der Waals surface area contributed by atoms with Gasteiger partial charge in [0.1, 0.15) is 5.82 Å². The molecule has 0 aliphatic heterocycles. The van der Waals surface area contributed by atoms with E-state index in [9.17, 15) is 5.11 Å². The average Bonchev–Trinajstić information content (AvgIpc) is 2.33. The highest BCUT2D eigenvalue weighted by atomic mass is 79.9. The fraction of sp³-hybridized carbons (Fsp3) is 0.154. The lowest BCUT2D eigenvalue weighted by molar-refractivity contribution is 0.178. The van der Waals surface area contributed by atoms with Gasteiger partial charge in [0.15, 0.2) is 0 Å². The molecule has 1 unspecified atom stereocenters. The van der Waals surface area contributed by atoms with Gasteiger partial charge in [-0.05, 0) is 29.3 Å². The lowest BCUT2D eigenvalue weighted by Gasteiger charge is -2.12. The average molecular weight is 293 g/mol. The predicted octanol–water partition coefficient (Wildman–Crippen LogP) is 2.70. The lowest BCUT2D eigenvalue weighted by atomic mass is 10.0. The zero-order chi connectivity index (χ0) is 12.3. The van der Waals surface area contributed by atoms with Crippen LogP contribution in [0.25, 0.3) is 0 Å². The van der Waals surface area contributed by atoms with Crippen molar-refractivity contribution in [2.24, 2.45) is 0 Å². The van der Waals surface area contributed by atoms with Gasteiger partial charge in [0.25, 0.3) is 0 Å². The summed E-state index contributed by atoms with van der Waals surface area (Å²) in [6.07, 6.45) is 1.56. The van der Waals surface area contributed by atoms with Crippen LogP contribution in [0.1, 0.15) is 17.2 Å². The number of nitrogens with zero attached hydrogens (tertiary/aromatic N) is 1. The Morgan fingerprint density at radius 2 is 1.94 bits per heavy atom. The van der Waals surface area contributed by atoms with E-state index in [1.807, 2.05) is 36.4 Å². The first-order chi connectivity index (χ1) is 8.16. The second kappa shape index (κ2) is 5.29. The quantitative estimate of drug-likeness (QED) is 0.914. The highest BCUT2D eigenvalue weighted by molar-refractivity contribution is 9.10. The second-order valence-corrected chi connectivity index (χ2v) is 4.73. The van der Waals surface area contributed by atoms with Gasteiger partial charge in [-0.15, -0.1) is 0 Å². The fourth-order valence-corrected chi connectivity index (χ4v) is 1.90. The van der Waals surface area contributed by atoms with Crippen molar-refractivity contribution in [3.05, 3.63) is 58.2 Å². The van der Waals surface area contributed by atoms with E-state index < -0.39 is 6.10 Å². The van der Waals surface area contributed by atoms with Gasteiger partial charge in [0, 0.05) is 17.1 Å². The number of aliphatic hydroxyl groups is 1. The first-order valence-electron chi connectivity index (χ1n) is 5.29. The fourth-order valence-electron chi connectivity index (χ4n) is 1.63. The van der Waals surface area contributed by atoms with E-state index in [1.165, 1.54) is 0 Å². The Labute approximate surface area is 108 Å². The van der Waals surface area contributed by atoms with Crippen molar-refractivity contribution < 1.29 is 5.11 Å². The standard InChI is InChI=1S/C13H13BrN2O/c14-11-5-3-9(4-6-11)12(17)8-10-2-1-7-16-13(10)15/h1-7,12,17H,8H2,(H2,15,16). The number of pyridine rings is 1. The summed E-state index contributed by atoms with van der Waals surface area (Å²) in [4.78, 5) is 4.00. The summed E-state index contributed by atoms with van der Waals surface area (Å²) in [5.74, 6) is 0.476. The van der Waals surface area contributed by atoms with E-state index in [0.717, 1.165) is 15.6 Å². The van der Waals surface area contributed by atoms with Crippen LogP contribution in [-0.4, -0.2) is 10.1 Å². The number of hydrogen-bond acceptors (Lipinski definition) is 3. The Hall–Kier alpha value is -1.39. The van der Waals surface area contributed by atoms with Crippen LogP contribution < -0.4 is 5.73 Å². The maximum atomic E-state index is 10.1. The van der Waals surface area contributed by atoms with Crippen LogP contribution in [0.5, 0.6) is 0 Å². The van der Waals surface area contributed by atoms with Crippen molar-refractivity contribution in [1.82, 2.24) is 4.98 Å². The van der Waals surface area contributed by atoms with Crippen molar-refractivity contribution in [2.45, 2.75) is 12.5 Å². The molecule has 4 heteroatoms. The van der Waals surface area contributed by atoms with Crippen LogP contribution in [0.4, 0.5) is 5.82 Å². The number of hydrogen-bond donors (Lipinski definition) is 2. The number of anilines is 1. The molecule has 1 aromatic heterocycles. The van der Waals surface area contributed by atoms with Crippen molar-refractivity contribution in [1.29, 1.82) is 0 Å². The molecule has 0 aliphatic rings. The molecule has 0 aliphatic carbocycles. The summed E-state index contributed by atoms with van der Waals surface area (Å²) in [5.41, 5.74) is 7.48. The molecule has 3 nitrogen and oxygen atoms in total. The Morgan fingerprint density at radius 1 is 1.24 bits per heavy atom. The number of nitrogens with two attached hydrogens (primary N) is 1. The van der Waals surface area contributed by atoms with Crippen molar-refractivity contribution in [2.75, 3.05) is 5.73 Å². The molecule has 17 heavy (non-hydrogen) atoms. The SMILES string of the molecule is Nc1ncccc1CC(O)c1ccc(Br)cc1. The molecular formula is C13H13BrN2O. The third kappa shape index (κ3) is 3.05. The van der Waals surface area contributed by atoms with E-state index in [2.05, 4.69) is 20.9 Å². The van der Waals surface area contributed by atoms with E-state index in [4.69, 9.17) is 5.73 Å². The molecule has 88 valence electrons. The van der Waals surface area contributed by atoms with Gasteiger partial charge in [0.05, 0.1) is 6.10 Å². The molecule has 0 radical (unpaired) electrons. The van der Waals surface area contributed by atoms with Gasteiger partial charge in [-0.25, -0.2) is 4.98 Å². The highest BCUT2D eigenvalue weighted by Gasteiger charge is 2.10. The molecule has 2 aromatic rings. The molecule has 1 heterocycles. The Bertz CT molecular complexity index is 499. The van der Waals surface area contributed by atoms with Gasteiger partial charge < -0.3 is 10.8 Å². The Balaban J connectivity index is 2.14. The third-order valence-corrected chi connectivity index (χ3v) is 3.12. The van der Waals surface area contributed by atoms with Gasteiger partial charge >= 0.3 is 0 Å². The normalized spacial score (nSPS) is 12.4. The number of rotatable bonds is 3. The van der Waals surface area contributed by atoms with Crippen molar-refractivity contribution in [3.63, 3.8) is 0 Å².